The minimum Gasteiger partial charge on any atom is -0.344 e. The van der Waals surface area contributed by atoms with Crippen molar-refractivity contribution in [2.24, 2.45) is 5.92 Å². The second kappa shape index (κ2) is 6.33. The lowest BCUT2D eigenvalue weighted by Gasteiger charge is -2.07. The summed E-state index contributed by atoms with van der Waals surface area (Å²) in [6, 6.07) is 1.78. The minimum absolute atomic E-state index is 0.0293. The molecule has 0 spiro atoms. The van der Waals surface area contributed by atoms with Crippen LogP contribution in [0.3, 0.4) is 0 Å². The van der Waals surface area contributed by atoms with Crippen molar-refractivity contribution in [2.75, 3.05) is 6.54 Å². The second-order valence-electron chi connectivity index (χ2n) is 4.49. The van der Waals surface area contributed by atoms with E-state index in [9.17, 15) is 9.59 Å². The summed E-state index contributed by atoms with van der Waals surface area (Å²) >= 11 is 0. The van der Waals surface area contributed by atoms with Crippen molar-refractivity contribution in [3.63, 3.8) is 0 Å². The Morgan fingerprint density at radius 2 is 2.06 bits per heavy atom. The van der Waals surface area contributed by atoms with Crippen LogP contribution in [0.1, 0.15) is 43.9 Å². The van der Waals surface area contributed by atoms with Crippen molar-refractivity contribution in [3.8, 4) is 0 Å². The predicted molar refractivity (Wildman–Crippen MR) is 69.5 cm³/mol. The van der Waals surface area contributed by atoms with Gasteiger partial charge in [0.1, 0.15) is 5.69 Å². The zero-order chi connectivity index (χ0) is 13.7. The van der Waals surface area contributed by atoms with Crippen LogP contribution in [0.25, 0.3) is 0 Å². The van der Waals surface area contributed by atoms with Gasteiger partial charge in [-0.25, -0.2) is 0 Å². The number of amides is 1. The Bertz CT molecular complexity index is 435. The van der Waals surface area contributed by atoms with E-state index >= 15 is 0 Å². The van der Waals surface area contributed by atoms with Crippen molar-refractivity contribution in [3.05, 3.63) is 17.5 Å². The first kappa shape index (κ1) is 14.4. The van der Waals surface area contributed by atoms with Gasteiger partial charge in [0.25, 0.3) is 5.91 Å². The lowest BCUT2D eigenvalue weighted by Crippen LogP contribution is -2.32. The van der Waals surface area contributed by atoms with Crippen LogP contribution in [0.4, 0.5) is 0 Å². The number of carbonyl (C=O) groups is 2. The van der Waals surface area contributed by atoms with Crippen LogP contribution in [0.2, 0.25) is 0 Å². The molecule has 0 aliphatic heterocycles. The summed E-state index contributed by atoms with van der Waals surface area (Å²) in [4.78, 5) is 23.4. The third-order valence-electron chi connectivity index (χ3n) is 2.79. The Balaban J connectivity index is 2.72. The molecule has 1 amide bonds. The summed E-state index contributed by atoms with van der Waals surface area (Å²) in [5.41, 5.74) is 1.41. The first-order valence-electron chi connectivity index (χ1n) is 6.37. The van der Waals surface area contributed by atoms with Gasteiger partial charge < -0.3 is 5.32 Å². The Labute approximate surface area is 108 Å². The zero-order valence-corrected chi connectivity index (χ0v) is 11.5. The van der Waals surface area contributed by atoms with Crippen molar-refractivity contribution < 1.29 is 9.59 Å². The van der Waals surface area contributed by atoms with Crippen LogP contribution < -0.4 is 5.32 Å². The molecule has 1 N–H and O–H groups in total. The topological polar surface area (TPSA) is 64.0 Å². The van der Waals surface area contributed by atoms with Gasteiger partial charge in [-0.05, 0) is 19.4 Å². The molecule has 0 fully saturated rings. The molecule has 5 heteroatoms. The third kappa shape index (κ3) is 3.42. The van der Waals surface area contributed by atoms with E-state index in [1.807, 2.05) is 27.7 Å². The first-order chi connectivity index (χ1) is 8.49. The number of ketones is 1. The number of hydrogen-bond acceptors (Lipinski definition) is 3. The zero-order valence-electron chi connectivity index (χ0n) is 11.5. The smallest absolute Gasteiger partial charge is 0.269 e. The summed E-state index contributed by atoms with van der Waals surface area (Å²) in [5.74, 6) is -0.271. The molecule has 0 aliphatic carbocycles. The number of hydrogen-bond donors (Lipinski definition) is 1. The van der Waals surface area contributed by atoms with Gasteiger partial charge in [0, 0.05) is 12.5 Å². The maximum absolute atomic E-state index is 12.0. The molecule has 1 aromatic rings. The number of carbonyl (C=O) groups excluding carboxylic acids is 2. The van der Waals surface area contributed by atoms with Crippen molar-refractivity contribution in [2.45, 2.75) is 40.7 Å². The highest BCUT2D eigenvalue weighted by Crippen LogP contribution is 2.05. The van der Waals surface area contributed by atoms with Crippen molar-refractivity contribution in [1.29, 1.82) is 0 Å². The predicted octanol–water partition coefficient (Wildman–Crippen LogP) is 1.42. The average Bonchev–Trinajstić information content (AvgIpc) is 2.78. The lowest BCUT2D eigenvalue weighted by atomic mass is 10.1. The molecule has 1 aromatic heterocycles. The largest absolute Gasteiger partial charge is 0.344 e. The Morgan fingerprint density at radius 3 is 2.56 bits per heavy atom. The van der Waals surface area contributed by atoms with E-state index in [4.69, 9.17) is 0 Å². The normalized spacial score (nSPS) is 10.7. The highest BCUT2D eigenvalue weighted by atomic mass is 16.2. The van der Waals surface area contributed by atoms with E-state index in [0.717, 1.165) is 12.1 Å². The molecule has 1 heterocycles. The van der Waals surface area contributed by atoms with Gasteiger partial charge in [-0.2, -0.15) is 5.10 Å². The monoisotopic (exact) mass is 251 g/mol. The van der Waals surface area contributed by atoms with E-state index in [0.29, 0.717) is 12.2 Å². The van der Waals surface area contributed by atoms with Gasteiger partial charge in [-0.3, -0.25) is 14.3 Å². The Morgan fingerprint density at radius 1 is 1.39 bits per heavy atom. The highest BCUT2D eigenvalue weighted by Gasteiger charge is 2.15. The molecule has 18 heavy (non-hydrogen) atoms. The summed E-state index contributed by atoms with van der Waals surface area (Å²) in [7, 11) is 0. The number of nitrogens with zero attached hydrogens (tertiary/aromatic N) is 2. The number of aromatic nitrogens is 2. The van der Waals surface area contributed by atoms with Crippen LogP contribution in [-0.2, 0) is 17.8 Å². The molecule has 0 saturated carbocycles. The Hall–Kier alpha value is -1.65. The first-order valence-corrected chi connectivity index (χ1v) is 6.37. The van der Waals surface area contributed by atoms with Gasteiger partial charge in [0.05, 0.1) is 12.2 Å². The molecule has 0 aliphatic rings. The van der Waals surface area contributed by atoms with Crippen molar-refractivity contribution >= 4 is 11.7 Å². The lowest BCUT2D eigenvalue weighted by molar-refractivity contribution is -0.120. The molecule has 0 radical (unpaired) electrons. The summed E-state index contributed by atoms with van der Waals surface area (Å²) in [5, 5.41) is 6.94. The van der Waals surface area contributed by atoms with Crippen molar-refractivity contribution in [1.82, 2.24) is 15.1 Å². The molecule has 0 bridgehead atoms. The molecular formula is C13H21N3O2. The van der Waals surface area contributed by atoms with E-state index < -0.39 is 0 Å². The summed E-state index contributed by atoms with van der Waals surface area (Å²) in [6.07, 6.45) is 0.790. The maximum atomic E-state index is 12.0. The third-order valence-corrected chi connectivity index (χ3v) is 2.79. The number of nitrogens with one attached hydrogen (secondary N) is 1. The van der Waals surface area contributed by atoms with E-state index in [1.165, 1.54) is 0 Å². The van der Waals surface area contributed by atoms with Gasteiger partial charge >= 0.3 is 0 Å². The van der Waals surface area contributed by atoms with E-state index in [-0.39, 0.29) is 24.2 Å². The van der Waals surface area contributed by atoms with Gasteiger partial charge in [0.2, 0.25) is 0 Å². The highest BCUT2D eigenvalue weighted by molar-refractivity contribution is 5.95. The number of aryl methyl sites for hydroxylation is 2. The SMILES string of the molecule is CCc1cc(C(=O)NCC(=O)C(C)C)n(CC)n1. The maximum Gasteiger partial charge on any atom is 0.269 e. The van der Waals surface area contributed by atoms with Crippen LogP contribution in [0.5, 0.6) is 0 Å². The van der Waals surface area contributed by atoms with Gasteiger partial charge in [0.15, 0.2) is 5.78 Å². The molecule has 0 unspecified atom stereocenters. The summed E-state index contributed by atoms with van der Waals surface area (Å²) < 4.78 is 1.66. The Kier molecular flexibility index (Phi) is 5.07. The fourth-order valence-electron chi connectivity index (χ4n) is 1.53. The quantitative estimate of drug-likeness (QED) is 0.831. The molecular weight excluding hydrogens is 230 g/mol. The second-order valence-corrected chi connectivity index (χ2v) is 4.49. The number of rotatable bonds is 6. The fraction of sp³-hybridized carbons (Fsp3) is 0.615. The van der Waals surface area contributed by atoms with Crippen LogP contribution in [0, 0.1) is 5.92 Å². The summed E-state index contributed by atoms with van der Waals surface area (Å²) in [6.45, 7) is 8.28. The average molecular weight is 251 g/mol. The van der Waals surface area contributed by atoms with E-state index in [2.05, 4.69) is 10.4 Å². The van der Waals surface area contributed by atoms with Gasteiger partial charge in [-0.1, -0.05) is 20.8 Å². The fourth-order valence-corrected chi connectivity index (χ4v) is 1.53. The van der Waals surface area contributed by atoms with Crippen LogP contribution >= 0.6 is 0 Å². The van der Waals surface area contributed by atoms with E-state index in [1.54, 1.807) is 10.7 Å². The standard InChI is InChI=1S/C13H21N3O2/c1-5-10-7-11(16(6-2)15-10)13(18)14-8-12(17)9(3)4/h7,9H,5-6,8H2,1-4H3,(H,14,18). The minimum atomic E-state index is -0.238. The van der Waals surface area contributed by atoms with Crippen LogP contribution in [-0.4, -0.2) is 28.0 Å². The van der Waals surface area contributed by atoms with Gasteiger partial charge in [-0.15, -0.1) is 0 Å². The molecule has 0 atom stereocenters. The molecule has 0 aromatic carbocycles. The molecule has 0 saturated heterocycles. The molecule has 1 rings (SSSR count). The molecule has 100 valence electrons. The molecule has 5 nitrogen and oxygen atoms in total. The van der Waals surface area contributed by atoms with Crippen LogP contribution in [0.15, 0.2) is 6.07 Å². The number of Topliss-reactive ketones (excluding diaryl/α,β-unsaturated/α-hetero) is 1.